The minimum absolute atomic E-state index is 0. The molecule has 0 radical (unpaired) electrons. The Morgan fingerprint density at radius 1 is 1.20 bits per heavy atom. The summed E-state index contributed by atoms with van der Waals surface area (Å²) in [6.45, 7) is 12.9. The first kappa shape index (κ1) is 17.4. The van der Waals surface area contributed by atoms with Crippen LogP contribution in [0.5, 0.6) is 0 Å². The number of piperidine rings is 1. The van der Waals surface area contributed by atoms with E-state index in [1.807, 2.05) is 6.92 Å². The third-order valence-corrected chi connectivity index (χ3v) is 4.08. The average molecular weight is 302 g/mol. The number of hydrogen-bond acceptors (Lipinski definition) is 4. The van der Waals surface area contributed by atoms with E-state index in [4.69, 9.17) is 0 Å². The fourth-order valence-corrected chi connectivity index (χ4v) is 2.85. The Balaban J connectivity index is 0.00000200. The fourth-order valence-electron chi connectivity index (χ4n) is 2.85. The van der Waals surface area contributed by atoms with Crippen LogP contribution in [0, 0.1) is 12.8 Å². The maximum Gasteiger partial charge on any atom is 0.147 e. The number of halogens is 1. The van der Waals surface area contributed by atoms with Crippen molar-refractivity contribution in [3.05, 3.63) is 11.6 Å². The molecule has 2 heterocycles. The first-order valence-electron chi connectivity index (χ1n) is 7.56. The van der Waals surface area contributed by atoms with E-state index in [9.17, 15) is 0 Å². The van der Waals surface area contributed by atoms with Gasteiger partial charge in [0.05, 0.1) is 6.54 Å². The largest absolute Gasteiger partial charge is 0.317 e. The van der Waals surface area contributed by atoms with Gasteiger partial charge in [-0.25, -0.2) is 0 Å². The zero-order valence-corrected chi connectivity index (χ0v) is 13.7. The molecule has 6 heteroatoms. The quantitative estimate of drug-likeness (QED) is 0.871. The lowest BCUT2D eigenvalue weighted by Crippen LogP contribution is -2.37. The summed E-state index contributed by atoms with van der Waals surface area (Å²) in [4.78, 5) is 2.51. The van der Waals surface area contributed by atoms with Crippen LogP contribution >= 0.6 is 12.4 Å². The van der Waals surface area contributed by atoms with Crippen LogP contribution in [-0.4, -0.2) is 45.8 Å². The summed E-state index contributed by atoms with van der Waals surface area (Å²) in [6, 6.07) is 0. The van der Waals surface area contributed by atoms with Gasteiger partial charge in [0, 0.05) is 6.54 Å². The van der Waals surface area contributed by atoms with Crippen LogP contribution in [0.4, 0.5) is 0 Å². The third kappa shape index (κ3) is 4.43. The van der Waals surface area contributed by atoms with Crippen molar-refractivity contribution >= 4 is 12.4 Å². The second-order valence-corrected chi connectivity index (χ2v) is 5.43. The molecule has 1 saturated heterocycles. The van der Waals surface area contributed by atoms with Gasteiger partial charge in [0.1, 0.15) is 11.6 Å². The summed E-state index contributed by atoms with van der Waals surface area (Å²) in [7, 11) is 0. The zero-order chi connectivity index (χ0) is 13.7. The number of aryl methyl sites for hydroxylation is 1. The number of aromatic nitrogens is 3. The molecule has 1 aromatic heterocycles. The Morgan fingerprint density at radius 2 is 1.90 bits per heavy atom. The first-order valence-corrected chi connectivity index (χ1v) is 7.56. The van der Waals surface area contributed by atoms with Crippen LogP contribution in [0.15, 0.2) is 0 Å². The van der Waals surface area contributed by atoms with Gasteiger partial charge in [-0.2, -0.15) is 0 Å². The van der Waals surface area contributed by atoms with E-state index in [-0.39, 0.29) is 12.4 Å². The Bertz CT molecular complexity index is 385. The monoisotopic (exact) mass is 301 g/mol. The molecule has 0 atom stereocenters. The zero-order valence-electron chi connectivity index (χ0n) is 12.9. The normalized spacial score (nSPS) is 17.1. The van der Waals surface area contributed by atoms with Crippen molar-refractivity contribution < 1.29 is 0 Å². The summed E-state index contributed by atoms with van der Waals surface area (Å²) in [5, 5.41) is 12.0. The number of nitrogens with zero attached hydrogens (tertiary/aromatic N) is 4. The highest BCUT2D eigenvalue weighted by Gasteiger charge is 2.20. The van der Waals surface area contributed by atoms with Crippen LogP contribution in [0.3, 0.4) is 0 Å². The number of nitrogens with one attached hydrogen (secondary N) is 1. The van der Waals surface area contributed by atoms with Gasteiger partial charge in [0.15, 0.2) is 0 Å². The second-order valence-electron chi connectivity index (χ2n) is 5.43. The number of hydrogen-bond donors (Lipinski definition) is 1. The summed E-state index contributed by atoms with van der Waals surface area (Å²) >= 11 is 0. The molecule has 0 spiro atoms. The van der Waals surface area contributed by atoms with Crippen molar-refractivity contribution in [3.8, 4) is 0 Å². The molecule has 1 aliphatic heterocycles. The lowest BCUT2D eigenvalue weighted by atomic mass is 9.97. The Kier molecular flexibility index (Phi) is 7.48. The maximum atomic E-state index is 4.31. The van der Waals surface area contributed by atoms with Crippen LogP contribution in [-0.2, 0) is 13.1 Å². The van der Waals surface area contributed by atoms with Crippen molar-refractivity contribution in [2.75, 3.05) is 26.2 Å². The molecule has 0 saturated carbocycles. The van der Waals surface area contributed by atoms with Crippen molar-refractivity contribution in [1.29, 1.82) is 0 Å². The molecule has 0 bridgehead atoms. The predicted molar refractivity (Wildman–Crippen MR) is 84.2 cm³/mol. The van der Waals surface area contributed by atoms with Crippen molar-refractivity contribution in [3.63, 3.8) is 0 Å². The molecule has 2 rings (SSSR count). The van der Waals surface area contributed by atoms with E-state index in [0.29, 0.717) is 0 Å². The van der Waals surface area contributed by atoms with Crippen molar-refractivity contribution in [2.24, 2.45) is 5.92 Å². The second kappa shape index (κ2) is 8.60. The van der Waals surface area contributed by atoms with E-state index in [0.717, 1.165) is 37.2 Å². The third-order valence-electron chi connectivity index (χ3n) is 4.08. The molecule has 0 unspecified atom stereocenters. The summed E-state index contributed by atoms with van der Waals surface area (Å²) < 4.78 is 2.21. The molecule has 1 aromatic rings. The summed E-state index contributed by atoms with van der Waals surface area (Å²) in [5.74, 6) is 2.99. The minimum Gasteiger partial charge on any atom is -0.317 e. The van der Waals surface area contributed by atoms with Crippen LogP contribution in [0.1, 0.15) is 38.3 Å². The maximum absolute atomic E-state index is 4.31. The molecule has 116 valence electrons. The van der Waals surface area contributed by atoms with Gasteiger partial charge >= 0.3 is 0 Å². The van der Waals surface area contributed by atoms with E-state index in [1.54, 1.807) is 0 Å². The standard InChI is InChI=1S/C14H27N5.ClH/c1-4-15-10-13-6-8-18(9-7-13)11-14-17-16-12(3)19(14)5-2;/h13,15H,4-11H2,1-3H3;1H. The molecular weight excluding hydrogens is 274 g/mol. The Morgan fingerprint density at radius 3 is 2.50 bits per heavy atom. The predicted octanol–water partition coefficient (Wildman–Crippen LogP) is 1.85. The molecule has 0 aliphatic carbocycles. The molecule has 5 nitrogen and oxygen atoms in total. The molecule has 1 aliphatic rings. The smallest absolute Gasteiger partial charge is 0.147 e. The van der Waals surface area contributed by atoms with E-state index >= 15 is 0 Å². The molecule has 0 aromatic carbocycles. The fraction of sp³-hybridized carbons (Fsp3) is 0.857. The molecular formula is C14H28ClN5. The van der Waals surface area contributed by atoms with Gasteiger partial charge < -0.3 is 9.88 Å². The lowest BCUT2D eigenvalue weighted by Gasteiger charge is -2.31. The van der Waals surface area contributed by atoms with Gasteiger partial charge in [0.2, 0.25) is 0 Å². The Hall–Kier alpha value is -0.650. The first-order chi connectivity index (χ1) is 9.24. The topological polar surface area (TPSA) is 46.0 Å². The average Bonchev–Trinajstić information content (AvgIpc) is 2.78. The van der Waals surface area contributed by atoms with Crippen molar-refractivity contribution in [2.45, 2.75) is 46.7 Å². The highest BCUT2D eigenvalue weighted by atomic mass is 35.5. The van der Waals surface area contributed by atoms with E-state index < -0.39 is 0 Å². The van der Waals surface area contributed by atoms with E-state index in [1.165, 1.54) is 32.5 Å². The SMILES string of the molecule is CCNCC1CCN(Cc2nnc(C)n2CC)CC1.Cl. The van der Waals surface area contributed by atoms with Crippen LogP contribution < -0.4 is 5.32 Å². The number of rotatable bonds is 6. The summed E-state index contributed by atoms with van der Waals surface area (Å²) in [5.41, 5.74) is 0. The van der Waals surface area contributed by atoms with Crippen molar-refractivity contribution in [1.82, 2.24) is 25.0 Å². The van der Waals surface area contributed by atoms with Crippen LogP contribution in [0.2, 0.25) is 0 Å². The van der Waals surface area contributed by atoms with E-state index in [2.05, 4.69) is 38.8 Å². The van der Waals surface area contributed by atoms with Gasteiger partial charge in [-0.3, -0.25) is 4.90 Å². The van der Waals surface area contributed by atoms with Gasteiger partial charge in [-0.05, 0) is 58.8 Å². The minimum atomic E-state index is 0. The van der Waals surface area contributed by atoms with Gasteiger partial charge in [-0.15, -0.1) is 22.6 Å². The number of likely N-dealkylation sites (tertiary alicyclic amines) is 1. The summed E-state index contributed by atoms with van der Waals surface area (Å²) in [6.07, 6.45) is 2.60. The Labute approximate surface area is 128 Å². The molecule has 20 heavy (non-hydrogen) atoms. The lowest BCUT2D eigenvalue weighted by molar-refractivity contribution is 0.170. The van der Waals surface area contributed by atoms with Gasteiger partial charge in [0.25, 0.3) is 0 Å². The molecule has 0 amide bonds. The van der Waals surface area contributed by atoms with Gasteiger partial charge in [-0.1, -0.05) is 6.92 Å². The highest BCUT2D eigenvalue weighted by molar-refractivity contribution is 5.85. The highest BCUT2D eigenvalue weighted by Crippen LogP contribution is 2.18. The van der Waals surface area contributed by atoms with Crippen LogP contribution in [0.25, 0.3) is 0 Å². The molecule has 1 fully saturated rings. The molecule has 1 N–H and O–H groups in total.